The van der Waals surface area contributed by atoms with Gasteiger partial charge in [-0.1, -0.05) is 12.1 Å². The minimum Gasteiger partial charge on any atom is -0.326 e. The van der Waals surface area contributed by atoms with Gasteiger partial charge >= 0.3 is 0 Å². The van der Waals surface area contributed by atoms with Crippen LogP contribution in [0.25, 0.3) is 0 Å². The Labute approximate surface area is 115 Å². The highest BCUT2D eigenvalue weighted by molar-refractivity contribution is 6.04. The van der Waals surface area contributed by atoms with Gasteiger partial charge in [-0.2, -0.15) is 0 Å². The Morgan fingerprint density at radius 2 is 1.95 bits per heavy atom. The van der Waals surface area contributed by atoms with Crippen molar-refractivity contribution in [1.29, 1.82) is 0 Å². The first-order valence-electron chi connectivity index (χ1n) is 6.07. The second kappa shape index (κ2) is 5.79. The number of carbonyl (C=O) groups is 1. The van der Waals surface area contributed by atoms with Gasteiger partial charge in [0.25, 0.3) is 5.91 Å². The molecule has 0 unspecified atom stereocenters. The van der Waals surface area contributed by atoms with Gasteiger partial charge in [0.05, 0.1) is 5.56 Å². The minimum absolute atomic E-state index is 0.331. The number of hydrogen-bond acceptors (Lipinski definition) is 2. The van der Waals surface area contributed by atoms with Crippen LogP contribution in [-0.4, -0.2) is 5.91 Å². The molecule has 0 heterocycles. The first-order valence-corrected chi connectivity index (χ1v) is 6.07. The van der Waals surface area contributed by atoms with Crippen LogP contribution in [0.5, 0.6) is 0 Å². The quantitative estimate of drug-likeness (QED) is 0.905. The summed E-state index contributed by atoms with van der Waals surface area (Å²) in [5.74, 6) is -2.13. The number of benzene rings is 2. The van der Waals surface area contributed by atoms with E-state index >= 15 is 0 Å². The lowest BCUT2D eigenvalue weighted by molar-refractivity contribution is 0.102. The number of amides is 1. The molecule has 5 heteroatoms. The van der Waals surface area contributed by atoms with Crippen LogP contribution in [0.4, 0.5) is 14.5 Å². The molecule has 0 saturated heterocycles. The van der Waals surface area contributed by atoms with Gasteiger partial charge in [-0.15, -0.1) is 0 Å². The van der Waals surface area contributed by atoms with Crippen LogP contribution >= 0.6 is 0 Å². The molecule has 2 aromatic carbocycles. The topological polar surface area (TPSA) is 55.1 Å². The number of halogens is 2. The van der Waals surface area contributed by atoms with E-state index in [1.807, 2.05) is 6.07 Å². The highest BCUT2D eigenvalue weighted by atomic mass is 19.1. The van der Waals surface area contributed by atoms with E-state index in [-0.39, 0.29) is 5.56 Å². The minimum atomic E-state index is -0.767. The molecule has 0 aliphatic rings. The van der Waals surface area contributed by atoms with E-state index < -0.39 is 17.5 Å². The molecule has 0 aliphatic carbocycles. The predicted octanol–water partition coefficient (Wildman–Crippen LogP) is 2.98. The maximum absolute atomic E-state index is 13.5. The number of anilines is 1. The Morgan fingerprint density at radius 3 is 2.65 bits per heavy atom. The summed E-state index contributed by atoms with van der Waals surface area (Å²) in [6.45, 7) is 2.13. The van der Waals surface area contributed by atoms with Gasteiger partial charge in [0.15, 0.2) is 0 Å². The van der Waals surface area contributed by atoms with E-state index in [0.29, 0.717) is 12.2 Å². The molecule has 0 aromatic heterocycles. The molecule has 2 aromatic rings. The summed E-state index contributed by atoms with van der Waals surface area (Å²) in [4.78, 5) is 12.0. The molecule has 0 bridgehead atoms. The highest BCUT2D eigenvalue weighted by Gasteiger charge is 2.14. The third kappa shape index (κ3) is 3.00. The molecule has 3 N–H and O–H groups in total. The van der Waals surface area contributed by atoms with Gasteiger partial charge in [0.1, 0.15) is 11.6 Å². The predicted molar refractivity (Wildman–Crippen MR) is 73.4 cm³/mol. The van der Waals surface area contributed by atoms with Crippen molar-refractivity contribution in [2.24, 2.45) is 5.73 Å². The average molecular weight is 276 g/mol. The number of nitrogens with one attached hydrogen (secondary N) is 1. The lowest BCUT2D eigenvalue weighted by Crippen LogP contribution is -2.15. The molecule has 0 spiro atoms. The van der Waals surface area contributed by atoms with E-state index in [1.165, 1.54) is 0 Å². The second-order valence-electron chi connectivity index (χ2n) is 4.43. The Kier molecular flexibility index (Phi) is 4.10. The van der Waals surface area contributed by atoms with Crippen molar-refractivity contribution < 1.29 is 13.6 Å². The van der Waals surface area contributed by atoms with Gasteiger partial charge in [0.2, 0.25) is 0 Å². The number of carbonyl (C=O) groups excluding carboxylic acids is 1. The van der Waals surface area contributed by atoms with Crippen molar-refractivity contribution >= 4 is 11.6 Å². The maximum atomic E-state index is 13.5. The summed E-state index contributed by atoms with van der Waals surface area (Å²) < 4.78 is 26.6. The van der Waals surface area contributed by atoms with Crippen molar-refractivity contribution in [2.45, 2.75) is 13.5 Å². The fourth-order valence-corrected chi connectivity index (χ4v) is 1.79. The molecule has 1 amide bonds. The fourth-order valence-electron chi connectivity index (χ4n) is 1.79. The van der Waals surface area contributed by atoms with E-state index in [0.717, 1.165) is 29.3 Å². The molecule has 3 nitrogen and oxygen atoms in total. The van der Waals surface area contributed by atoms with Crippen molar-refractivity contribution in [1.82, 2.24) is 0 Å². The van der Waals surface area contributed by atoms with Crippen molar-refractivity contribution in [2.75, 3.05) is 5.32 Å². The van der Waals surface area contributed by atoms with Gasteiger partial charge in [-0.05, 0) is 42.3 Å². The first kappa shape index (κ1) is 14.1. The van der Waals surface area contributed by atoms with Gasteiger partial charge in [0, 0.05) is 12.2 Å². The van der Waals surface area contributed by atoms with Gasteiger partial charge < -0.3 is 11.1 Å². The van der Waals surface area contributed by atoms with Crippen molar-refractivity contribution in [3.05, 3.63) is 64.7 Å². The highest BCUT2D eigenvalue weighted by Crippen LogP contribution is 2.19. The molecule has 0 fully saturated rings. The van der Waals surface area contributed by atoms with Crippen LogP contribution in [-0.2, 0) is 6.54 Å². The monoisotopic (exact) mass is 276 g/mol. The standard InChI is InChI=1S/C15H14F2N2O/c1-9-2-3-10(8-18)6-14(9)19-15(20)12-7-11(16)4-5-13(12)17/h2-7H,8,18H2,1H3,(H,19,20). The lowest BCUT2D eigenvalue weighted by atomic mass is 10.1. The Morgan fingerprint density at radius 1 is 1.20 bits per heavy atom. The zero-order chi connectivity index (χ0) is 14.7. The summed E-state index contributed by atoms with van der Waals surface area (Å²) >= 11 is 0. The van der Waals surface area contributed by atoms with E-state index in [4.69, 9.17) is 5.73 Å². The van der Waals surface area contributed by atoms with Crippen LogP contribution in [0, 0.1) is 18.6 Å². The average Bonchev–Trinajstić information content (AvgIpc) is 2.43. The molecule has 0 saturated carbocycles. The first-order chi connectivity index (χ1) is 9.51. The molecule has 0 aliphatic heterocycles. The van der Waals surface area contributed by atoms with E-state index in [1.54, 1.807) is 19.1 Å². The summed E-state index contributed by atoms with van der Waals surface area (Å²) in [5, 5.41) is 2.57. The van der Waals surface area contributed by atoms with Crippen LogP contribution < -0.4 is 11.1 Å². The molecule has 104 valence electrons. The Hall–Kier alpha value is -2.27. The number of nitrogens with two attached hydrogens (primary N) is 1. The summed E-state index contributed by atoms with van der Waals surface area (Å²) in [7, 11) is 0. The number of aryl methyl sites for hydroxylation is 1. The van der Waals surface area contributed by atoms with Crippen LogP contribution in [0.15, 0.2) is 36.4 Å². The Bertz CT molecular complexity index is 656. The fraction of sp³-hybridized carbons (Fsp3) is 0.133. The Balaban J connectivity index is 2.30. The smallest absolute Gasteiger partial charge is 0.258 e. The SMILES string of the molecule is Cc1ccc(CN)cc1NC(=O)c1cc(F)ccc1F. The number of hydrogen-bond donors (Lipinski definition) is 2. The third-order valence-corrected chi connectivity index (χ3v) is 2.96. The van der Waals surface area contributed by atoms with Crippen molar-refractivity contribution in [3.8, 4) is 0 Å². The van der Waals surface area contributed by atoms with E-state index in [9.17, 15) is 13.6 Å². The van der Waals surface area contributed by atoms with Crippen LogP contribution in [0.3, 0.4) is 0 Å². The number of rotatable bonds is 3. The van der Waals surface area contributed by atoms with Crippen molar-refractivity contribution in [3.63, 3.8) is 0 Å². The van der Waals surface area contributed by atoms with Gasteiger partial charge in [-0.3, -0.25) is 4.79 Å². The lowest BCUT2D eigenvalue weighted by Gasteiger charge is -2.10. The third-order valence-electron chi connectivity index (χ3n) is 2.96. The molecular formula is C15H14F2N2O. The summed E-state index contributed by atoms with van der Waals surface area (Å²) in [6, 6.07) is 8.12. The summed E-state index contributed by atoms with van der Waals surface area (Å²) in [5.41, 5.74) is 7.38. The molecule has 2 rings (SSSR count). The van der Waals surface area contributed by atoms with Crippen LogP contribution in [0.2, 0.25) is 0 Å². The normalized spacial score (nSPS) is 10.4. The zero-order valence-electron chi connectivity index (χ0n) is 10.9. The van der Waals surface area contributed by atoms with E-state index in [2.05, 4.69) is 5.32 Å². The summed E-state index contributed by atoms with van der Waals surface area (Å²) in [6.07, 6.45) is 0. The largest absolute Gasteiger partial charge is 0.326 e. The second-order valence-corrected chi connectivity index (χ2v) is 4.43. The molecule has 20 heavy (non-hydrogen) atoms. The zero-order valence-corrected chi connectivity index (χ0v) is 10.9. The van der Waals surface area contributed by atoms with Gasteiger partial charge in [-0.25, -0.2) is 8.78 Å². The molecule has 0 radical (unpaired) electrons. The molecule has 0 atom stereocenters. The molecular weight excluding hydrogens is 262 g/mol. The van der Waals surface area contributed by atoms with Crippen LogP contribution in [0.1, 0.15) is 21.5 Å². The maximum Gasteiger partial charge on any atom is 0.258 e.